The second-order valence-corrected chi connectivity index (χ2v) is 10.3. The molecule has 1 saturated heterocycles. The Balaban J connectivity index is 1.28. The van der Waals surface area contributed by atoms with E-state index in [1.807, 2.05) is 48.5 Å². The molecule has 4 rings (SSSR count). The van der Waals surface area contributed by atoms with Crippen molar-refractivity contribution >= 4 is 22.0 Å². The molecule has 1 aromatic heterocycles. The number of ether oxygens (including phenoxy) is 1. The minimum atomic E-state index is -3.50. The second-order valence-electron chi connectivity index (χ2n) is 8.34. The van der Waals surface area contributed by atoms with Crippen molar-refractivity contribution in [3.63, 3.8) is 0 Å². The van der Waals surface area contributed by atoms with E-state index >= 15 is 0 Å². The van der Waals surface area contributed by atoms with Crippen molar-refractivity contribution in [1.29, 1.82) is 0 Å². The van der Waals surface area contributed by atoms with Crippen molar-refractivity contribution in [3.8, 4) is 5.75 Å². The number of hydrogen-bond donors (Lipinski definition) is 1. The largest absolute Gasteiger partial charge is 0.487 e. The molecule has 0 radical (unpaired) electrons. The number of amides is 1. The first-order chi connectivity index (χ1) is 17.0. The number of piperidine rings is 1. The topological polar surface area (TPSA) is 88.6 Å². The van der Waals surface area contributed by atoms with Gasteiger partial charge in [-0.1, -0.05) is 36.8 Å². The third-order valence-corrected chi connectivity index (χ3v) is 7.63. The Hall–Kier alpha value is -3.49. The maximum atomic E-state index is 12.9. The van der Waals surface area contributed by atoms with Gasteiger partial charge >= 0.3 is 0 Å². The van der Waals surface area contributed by atoms with E-state index in [1.54, 1.807) is 34.8 Å². The summed E-state index contributed by atoms with van der Waals surface area (Å²) < 4.78 is 33.0. The fourth-order valence-electron chi connectivity index (χ4n) is 3.81. The average Bonchev–Trinajstić information content (AvgIpc) is 2.91. The molecule has 8 heteroatoms. The molecule has 7 nitrogen and oxygen atoms in total. The minimum Gasteiger partial charge on any atom is -0.487 e. The maximum Gasteiger partial charge on any atom is 0.244 e. The zero-order chi connectivity index (χ0) is 24.5. The average molecular weight is 492 g/mol. The SMILES string of the molecule is O=C(/C=C/c1ccc(OCc2ccccn2)cc1)NCc1cccc(S(=O)(=O)N2CCCCC2)c1. The first kappa shape index (κ1) is 24.6. The van der Waals surface area contributed by atoms with Crippen LogP contribution in [0.15, 0.2) is 83.9 Å². The predicted molar refractivity (Wildman–Crippen MR) is 135 cm³/mol. The van der Waals surface area contributed by atoms with E-state index in [0.29, 0.717) is 19.7 Å². The quantitative estimate of drug-likeness (QED) is 0.454. The Labute approximate surface area is 206 Å². The summed E-state index contributed by atoms with van der Waals surface area (Å²) in [5, 5.41) is 2.81. The van der Waals surface area contributed by atoms with E-state index in [4.69, 9.17) is 4.74 Å². The molecule has 0 aliphatic carbocycles. The van der Waals surface area contributed by atoms with Crippen LogP contribution in [0.4, 0.5) is 0 Å². The van der Waals surface area contributed by atoms with Crippen molar-refractivity contribution in [3.05, 3.63) is 95.8 Å². The molecule has 1 aliphatic heterocycles. The highest BCUT2D eigenvalue weighted by Gasteiger charge is 2.25. The Bertz CT molecular complexity index is 1250. The number of carbonyl (C=O) groups is 1. The van der Waals surface area contributed by atoms with Gasteiger partial charge in [-0.15, -0.1) is 0 Å². The molecule has 0 atom stereocenters. The first-order valence-corrected chi connectivity index (χ1v) is 13.1. The van der Waals surface area contributed by atoms with Crippen molar-refractivity contribution in [2.75, 3.05) is 13.1 Å². The maximum absolute atomic E-state index is 12.9. The number of pyridine rings is 1. The number of hydrogen-bond acceptors (Lipinski definition) is 5. The monoisotopic (exact) mass is 491 g/mol. The van der Waals surface area contributed by atoms with Crippen LogP contribution in [0.25, 0.3) is 6.08 Å². The summed E-state index contributed by atoms with van der Waals surface area (Å²) in [6.45, 7) is 1.75. The van der Waals surface area contributed by atoms with Crippen LogP contribution >= 0.6 is 0 Å². The Morgan fingerprint density at radius 2 is 1.80 bits per heavy atom. The Morgan fingerprint density at radius 1 is 1.00 bits per heavy atom. The lowest BCUT2D eigenvalue weighted by molar-refractivity contribution is -0.116. The minimum absolute atomic E-state index is 0.243. The smallest absolute Gasteiger partial charge is 0.244 e. The molecule has 0 bridgehead atoms. The van der Waals surface area contributed by atoms with Gasteiger partial charge in [-0.05, 0) is 66.4 Å². The Morgan fingerprint density at radius 3 is 2.54 bits per heavy atom. The van der Waals surface area contributed by atoms with Gasteiger partial charge in [0.1, 0.15) is 12.4 Å². The van der Waals surface area contributed by atoms with Crippen LogP contribution < -0.4 is 10.1 Å². The summed E-state index contributed by atoms with van der Waals surface area (Å²) in [7, 11) is -3.50. The number of nitrogens with one attached hydrogen (secondary N) is 1. The fourth-order valence-corrected chi connectivity index (χ4v) is 5.39. The number of rotatable bonds is 9. The van der Waals surface area contributed by atoms with Gasteiger partial charge < -0.3 is 10.1 Å². The molecule has 0 saturated carbocycles. The molecule has 35 heavy (non-hydrogen) atoms. The second kappa shape index (κ2) is 11.8. The van der Waals surface area contributed by atoms with E-state index < -0.39 is 10.0 Å². The molecular formula is C27H29N3O4S. The molecule has 0 spiro atoms. The van der Waals surface area contributed by atoms with E-state index in [0.717, 1.165) is 41.8 Å². The van der Waals surface area contributed by atoms with E-state index in [9.17, 15) is 13.2 Å². The number of carbonyl (C=O) groups excluding carboxylic acids is 1. The van der Waals surface area contributed by atoms with Gasteiger partial charge in [-0.2, -0.15) is 4.31 Å². The van der Waals surface area contributed by atoms with Crippen molar-refractivity contribution in [2.24, 2.45) is 0 Å². The molecule has 2 aromatic carbocycles. The van der Waals surface area contributed by atoms with Gasteiger partial charge in [0.25, 0.3) is 0 Å². The molecule has 1 amide bonds. The zero-order valence-corrected chi connectivity index (χ0v) is 20.3. The van der Waals surface area contributed by atoms with Crippen molar-refractivity contribution < 1.29 is 17.9 Å². The molecule has 2 heterocycles. The molecule has 1 fully saturated rings. The van der Waals surface area contributed by atoms with Crippen molar-refractivity contribution in [2.45, 2.75) is 37.3 Å². The standard InChI is InChI=1S/C27H29N3O4S/c31-27(15-12-22-10-13-25(14-11-22)34-21-24-8-2-3-16-28-24)29-20-23-7-6-9-26(19-23)35(32,33)30-17-4-1-5-18-30/h2-3,6-16,19H,1,4-5,17-18,20-21H2,(H,29,31)/b15-12+. The highest BCUT2D eigenvalue weighted by molar-refractivity contribution is 7.89. The van der Waals surface area contributed by atoms with Gasteiger partial charge in [-0.25, -0.2) is 8.42 Å². The summed E-state index contributed by atoms with van der Waals surface area (Å²) >= 11 is 0. The molecule has 182 valence electrons. The summed E-state index contributed by atoms with van der Waals surface area (Å²) in [6.07, 6.45) is 7.75. The molecule has 1 N–H and O–H groups in total. The number of benzene rings is 2. The highest BCUT2D eigenvalue weighted by Crippen LogP contribution is 2.21. The van der Waals surface area contributed by atoms with Crippen LogP contribution in [0.2, 0.25) is 0 Å². The van der Waals surface area contributed by atoms with E-state index in [2.05, 4.69) is 10.3 Å². The van der Waals surface area contributed by atoms with Gasteiger partial charge in [0, 0.05) is 31.9 Å². The number of sulfonamides is 1. The van der Waals surface area contributed by atoms with Crippen LogP contribution in [0.5, 0.6) is 5.75 Å². The molecular weight excluding hydrogens is 462 g/mol. The summed E-state index contributed by atoms with van der Waals surface area (Å²) in [6, 6.07) is 19.9. The highest BCUT2D eigenvalue weighted by atomic mass is 32.2. The molecule has 3 aromatic rings. The lowest BCUT2D eigenvalue weighted by Crippen LogP contribution is -2.35. The van der Waals surface area contributed by atoms with Crippen LogP contribution in [-0.2, 0) is 28.0 Å². The normalized spacial score (nSPS) is 14.6. The molecule has 0 unspecified atom stereocenters. The lowest BCUT2D eigenvalue weighted by Gasteiger charge is -2.26. The van der Waals surface area contributed by atoms with Crippen LogP contribution in [0, 0.1) is 0 Å². The summed E-state index contributed by atoms with van der Waals surface area (Å²) in [5.41, 5.74) is 2.45. The van der Waals surface area contributed by atoms with Gasteiger partial charge in [0.05, 0.1) is 10.6 Å². The third-order valence-electron chi connectivity index (χ3n) is 5.74. The van der Waals surface area contributed by atoms with Crippen molar-refractivity contribution in [1.82, 2.24) is 14.6 Å². The number of aromatic nitrogens is 1. The van der Waals surface area contributed by atoms with Crippen LogP contribution in [-0.4, -0.2) is 36.7 Å². The lowest BCUT2D eigenvalue weighted by atomic mass is 10.2. The number of nitrogens with zero attached hydrogens (tertiary/aromatic N) is 2. The van der Waals surface area contributed by atoms with Gasteiger partial charge in [0.2, 0.25) is 15.9 Å². The molecule has 1 aliphatic rings. The predicted octanol–water partition coefficient (Wildman–Crippen LogP) is 4.16. The van der Waals surface area contributed by atoms with Gasteiger partial charge in [0.15, 0.2) is 0 Å². The van der Waals surface area contributed by atoms with Crippen LogP contribution in [0.1, 0.15) is 36.1 Å². The Kier molecular flexibility index (Phi) is 8.28. The van der Waals surface area contributed by atoms with E-state index in [1.165, 1.54) is 6.08 Å². The first-order valence-electron chi connectivity index (χ1n) is 11.7. The van der Waals surface area contributed by atoms with Gasteiger partial charge in [-0.3, -0.25) is 9.78 Å². The summed E-state index contributed by atoms with van der Waals surface area (Å²) in [5.74, 6) is 0.460. The fraction of sp³-hybridized carbons (Fsp3) is 0.259. The van der Waals surface area contributed by atoms with Crippen LogP contribution in [0.3, 0.4) is 0 Å². The summed E-state index contributed by atoms with van der Waals surface area (Å²) in [4.78, 5) is 16.8. The zero-order valence-electron chi connectivity index (χ0n) is 19.5. The van der Waals surface area contributed by atoms with E-state index in [-0.39, 0.29) is 17.3 Å². The third kappa shape index (κ3) is 7.00.